The van der Waals surface area contributed by atoms with E-state index in [0.717, 1.165) is 43.9 Å². The summed E-state index contributed by atoms with van der Waals surface area (Å²) in [5.41, 5.74) is 1.51. The number of nitrogens with one attached hydrogen (secondary N) is 2. The van der Waals surface area contributed by atoms with Gasteiger partial charge in [-0.05, 0) is 84.0 Å². The molecular weight excluding hydrogens is 557 g/mol. The van der Waals surface area contributed by atoms with E-state index in [2.05, 4.69) is 20.4 Å². The smallest absolute Gasteiger partial charge is 0.255 e. The molecule has 1 aromatic rings. The number of piperidine rings is 1. The summed E-state index contributed by atoms with van der Waals surface area (Å²) in [5.74, 6) is -0.00650. The number of fused-ring (bicyclic) bond motifs is 1. The Kier molecular flexibility index (Phi) is 10.3. The molecule has 3 amide bonds. The number of carbonyl (C=O) groups is 3. The van der Waals surface area contributed by atoms with Crippen molar-refractivity contribution >= 4 is 48.7 Å². The Hall–Kier alpha value is -1.37. The van der Waals surface area contributed by atoms with Gasteiger partial charge >= 0.3 is 0 Å². The van der Waals surface area contributed by atoms with Crippen LogP contribution in [0.3, 0.4) is 0 Å². The number of amides is 3. The molecule has 10 heteroatoms. The van der Waals surface area contributed by atoms with Crippen LogP contribution in [-0.2, 0) is 20.9 Å². The zero-order chi connectivity index (χ0) is 23.8. The molecule has 5 rings (SSSR count). The molecular formula is C23H32IN3O5S. The van der Waals surface area contributed by atoms with Gasteiger partial charge in [0, 0.05) is 38.2 Å². The third kappa shape index (κ3) is 6.83. The fraction of sp³-hybridized carbons (Fsp3) is 0.609. The zero-order valence-electron chi connectivity index (χ0n) is 18.8. The Bertz CT molecular complexity index is 845. The number of ether oxygens (including phenoxy) is 2. The molecule has 1 saturated carbocycles. The number of benzene rings is 1. The van der Waals surface area contributed by atoms with Crippen molar-refractivity contribution in [2.75, 3.05) is 19.7 Å². The lowest BCUT2D eigenvalue weighted by Crippen LogP contribution is -2.52. The maximum absolute atomic E-state index is 12.6. The number of carbonyl (C=O) groups excluding carboxylic acids is 3. The van der Waals surface area contributed by atoms with Gasteiger partial charge in [0.15, 0.2) is 0 Å². The molecule has 3 aliphatic heterocycles. The van der Waals surface area contributed by atoms with Gasteiger partial charge in [0.2, 0.25) is 11.8 Å². The molecule has 2 saturated heterocycles. The second-order valence-corrected chi connectivity index (χ2v) is 8.48. The number of rotatable bonds is 5. The number of nitrogens with zero attached hydrogens (tertiary/aromatic N) is 1. The van der Waals surface area contributed by atoms with Gasteiger partial charge in [0.25, 0.3) is 5.91 Å². The molecule has 1 aromatic carbocycles. The largest absolute Gasteiger partial charge is 0.490 e. The highest BCUT2D eigenvalue weighted by Gasteiger charge is 2.39. The minimum Gasteiger partial charge on any atom is -0.490 e. The molecule has 0 radical (unpaired) electrons. The van der Waals surface area contributed by atoms with E-state index in [-0.39, 0.29) is 30.2 Å². The van der Waals surface area contributed by atoms with Gasteiger partial charge < -0.3 is 19.7 Å². The first-order valence-electron chi connectivity index (χ1n) is 11.5. The average Bonchev–Trinajstić information content (AvgIpc) is 3.41. The molecule has 0 aromatic heterocycles. The molecule has 2 N–H and O–H groups in total. The summed E-state index contributed by atoms with van der Waals surface area (Å²) in [5, 5.41) is 5.44. The fourth-order valence-corrected chi connectivity index (χ4v) is 4.44. The van der Waals surface area contributed by atoms with Crippen molar-refractivity contribution < 1.29 is 23.9 Å². The van der Waals surface area contributed by atoms with Crippen molar-refractivity contribution in [2.45, 2.75) is 70.2 Å². The van der Waals surface area contributed by atoms with Crippen LogP contribution in [0.4, 0.5) is 0 Å². The van der Waals surface area contributed by atoms with Crippen LogP contribution in [0.25, 0.3) is 0 Å². The molecule has 4 aliphatic rings. The van der Waals surface area contributed by atoms with Gasteiger partial charge in [-0.15, -0.1) is 9.80 Å². The Morgan fingerprint density at radius 2 is 1.82 bits per heavy atom. The zero-order valence-corrected chi connectivity index (χ0v) is 21.9. The van der Waals surface area contributed by atoms with E-state index >= 15 is 0 Å². The summed E-state index contributed by atoms with van der Waals surface area (Å²) >= 11 is 1.84. The van der Waals surface area contributed by atoms with Gasteiger partial charge in [-0.1, -0.05) is 0 Å². The predicted molar refractivity (Wildman–Crippen MR) is 137 cm³/mol. The minimum atomic E-state index is -0.568. The summed E-state index contributed by atoms with van der Waals surface area (Å²) in [6.45, 7) is 5.37. The monoisotopic (exact) mass is 589 g/mol. The van der Waals surface area contributed by atoms with E-state index < -0.39 is 6.04 Å². The number of thiol groups is 1. The van der Waals surface area contributed by atoms with Crippen LogP contribution in [0.2, 0.25) is 0 Å². The first-order chi connectivity index (χ1) is 16.0. The van der Waals surface area contributed by atoms with E-state index in [1.165, 1.54) is 12.8 Å². The quantitative estimate of drug-likeness (QED) is 0.278. The molecule has 3 heterocycles. The summed E-state index contributed by atoms with van der Waals surface area (Å²) in [7, 11) is 3.50. The summed E-state index contributed by atoms with van der Waals surface area (Å²) in [4.78, 5) is 37.5. The maximum atomic E-state index is 12.6. The van der Waals surface area contributed by atoms with Crippen molar-refractivity contribution in [1.29, 1.82) is 0 Å². The molecule has 1 unspecified atom stereocenters. The maximum Gasteiger partial charge on any atom is 0.255 e. The van der Waals surface area contributed by atoms with Crippen LogP contribution >= 0.6 is 31.0 Å². The van der Waals surface area contributed by atoms with Crippen molar-refractivity contribution in [1.82, 2.24) is 15.5 Å². The van der Waals surface area contributed by atoms with E-state index in [4.69, 9.17) is 9.47 Å². The predicted octanol–water partition coefficient (Wildman–Crippen LogP) is 3.03. The van der Waals surface area contributed by atoms with E-state index in [1.807, 2.05) is 40.3 Å². The number of hydrogen-bond donors (Lipinski definition) is 3. The highest BCUT2D eigenvalue weighted by Crippen LogP contribution is 2.31. The molecule has 0 spiro atoms. The molecule has 33 heavy (non-hydrogen) atoms. The molecule has 1 aliphatic carbocycles. The van der Waals surface area contributed by atoms with Crippen LogP contribution in [0.1, 0.15) is 61.4 Å². The van der Waals surface area contributed by atoms with Crippen LogP contribution in [-0.4, -0.2) is 60.6 Å². The number of halogens is 1. The Morgan fingerprint density at radius 3 is 2.39 bits per heavy atom. The molecule has 1 atom stereocenters. The highest BCUT2D eigenvalue weighted by molar-refractivity contribution is 14.2. The second kappa shape index (κ2) is 12.9. The van der Waals surface area contributed by atoms with Crippen LogP contribution in [0.15, 0.2) is 18.2 Å². The summed E-state index contributed by atoms with van der Waals surface area (Å²) in [6, 6.07) is 4.97. The van der Waals surface area contributed by atoms with E-state index in [0.29, 0.717) is 24.6 Å². The first-order valence-corrected chi connectivity index (χ1v) is 14.7. The lowest BCUT2D eigenvalue weighted by molar-refractivity contribution is -0.136. The fourth-order valence-electron chi connectivity index (χ4n) is 4.44. The van der Waals surface area contributed by atoms with Crippen molar-refractivity contribution in [3.63, 3.8) is 0 Å². The molecule has 8 nitrogen and oxygen atoms in total. The Morgan fingerprint density at radius 1 is 1.09 bits per heavy atom. The average molecular weight is 589 g/mol. The minimum absolute atomic E-state index is 0.146. The van der Waals surface area contributed by atoms with Gasteiger partial charge in [-0.25, -0.2) is 0 Å². The van der Waals surface area contributed by atoms with Gasteiger partial charge in [-0.3, -0.25) is 19.7 Å². The van der Waals surface area contributed by atoms with Crippen molar-refractivity contribution in [3.8, 4) is 5.75 Å². The van der Waals surface area contributed by atoms with Crippen LogP contribution in [0.5, 0.6) is 5.75 Å². The third-order valence-electron chi connectivity index (χ3n) is 6.25. The first kappa shape index (κ1) is 26.2. The Labute approximate surface area is 212 Å². The standard InChI is InChI=1S/C18H20N2O4.C5H11NO.HIS/c21-16-8-7-15(17(22)19-16)20-10-11-9-13(5-6-14(11)18(20)23)24-12-3-1-2-4-12;1-2-7-5-3-6-4-5;1-2/h5-6,9,12,15H,1-4,7-8,10H2,(H,19,21,22);5-6H,2-4H2,1H3;2H. The van der Waals surface area contributed by atoms with Gasteiger partial charge in [0.05, 0.1) is 12.2 Å². The summed E-state index contributed by atoms with van der Waals surface area (Å²) < 4.78 is 11.2. The summed E-state index contributed by atoms with van der Waals surface area (Å²) in [6.07, 6.45) is 6.02. The van der Waals surface area contributed by atoms with E-state index in [9.17, 15) is 14.4 Å². The topological polar surface area (TPSA) is 97.0 Å². The van der Waals surface area contributed by atoms with E-state index in [1.54, 1.807) is 11.0 Å². The lowest BCUT2D eigenvalue weighted by Gasteiger charge is -2.29. The molecule has 3 fully saturated rings. The van der Waals surface area contributed by atoms with Gasteiger partial charge in [-0.2, -0.15) is 0 Å². The van der Waals surface area contributed by atoms with Crippen molar-refractivity contribution in [3.05, 3.63) is 29.3 Å². The normalized spacial score (nSPS) is 22.5. The SMILES string of the molecule is CCOC1CNC1.O=C1CCC(N2Cc3cc(OC4CCCC4)ccc3C2=O)C(=O)N1.SI. The van der Waals surface area contributed by atoms with Gasteiger partial charge in [0.1, 0.15) is 11.8 Å². The Balaban J connectivity index is 0.000000289. The van der Waals surface area contributed by atoms with Crippen LogP contribution in [0, 0.1) is 0 Å². The number of hydrogen-bond acceptors (Lipinski definition) is 7. The van der Waals surface area contributed by atoms with Crippen molar-refractivity contribution in [2.24, 2.45) is 0 Å². The molecule has 182 valence electrons. The second-order valence-electron chi connectivity index (χ2n) is 8.48. The third-order valence-corrected chi connectivity index (χ3v) is 6.25. The number of imide groups is 1. The molecule has 0 bridgehead atoms. The lowest BCUT2D eigenvalue weighted by atomic mass is 10.0. The highest BCUT2D eigenvalue weighted by atomic mass is 127. The van der Waals surface area contributed by atoms with Crippen LogP contribution < -0.4 is 15.4 Å².